The summed E-state index contributed by atoms with van der Waals surface area (Å²) in [6, 6.07) is 0. The molecule has 0 saturated carbocycles. The third-order valence-electron chi connectivity index (χ3n) is 0.714. The van der Waals surface area contributed by atoms with Crippen LogP contribution in [-0.2, 0) is 4.79 Å². The summed E-state index contributed by atoms with van der Waals surface area (Å²) in [6.45, 7) is 0. The minimum Gasteiger partial charge on any atom is -0.290 e. The van der Waals surface area contributed by atoms with Crippen LogP contribution in [0.2, 0.25) is 0 Å². The van der Waals surface area contributed by atoms with Gasteiger partial charge in [-0.1, -0.05) is 10.2 Å². The first-order valence-electron chi connectivity index (χ1n) is 2.76. The van der Waals surface area contributed by atoms with Crippen LogP contribution in [0.15, 0.2) is 34.8 Å². The average Bonchev–Trinajstić information content (AvgIpc) is 2.06. The van der Waals surface area contributed by atoms with E-state index in [2.05, 4.69) is 20.1 Å². The molecule has 0 aromatic rings. The fourth-order valence-electron chi connectivity index (χ4n) is 0.329. The van der Waals surface area contributed by atoms with Gasteiger partial charge in [-0.2, -0.15) is 0 Å². The fourth-order valence-corrected chi connectivity index (χ4v) is 0.329. The lowest BCUT2D eigenvalue weighted by Crippen LogP contribution is -1.82. The SMILES string of the molecule is [N-]=[N+]=N/C=C/C(=O)/C=C/N=[N+]=[N-]. The van der Waals surface area contributed by atoms with Crippen LogP contribution >= 0.6 is 0 Å². The molecule has 7 heteroatoms. The van der Waals surface area contributed by atoms with Gasteiger partial charge in [0, 0.05) is 22.2 Å². The van der Waals surface area contributed by atoms with Gasteiger partial charge >= 0.3 is 0 Å². The van der Waals surface area contributed by atoms with Crippen molar-refractivity contribution in [3.63, 3.8) is 0 Å². The number of ketones is 1. The number of hydrogen-bond donors (Lipinski definition) is 0. The molecule has 60 valence electrons. The highest BCUT2D eigenvalue weighted by molar-refractivity contribution is 5.98. The lowest BCUT2D eigenvalue weighted by atomic mass is 10.4. The van der Waals surface area contributed by atoms with E-state index in [0.717, 1.165) is 24.6 Å². The van der Waals surface area contributed by atoms with Crippen LogP contribution < -0.4 is 0 Å². The molecular weight excluding hydrogens is 160 g/mol. The third kappa shape index (κ3) is 5.90. The van der Waals surface area contributed by atoms with Crippen LogP contribution in [0.25, 0.3) is 20.9 Å². The van der Waals surface area contributed by atoms with Crippen molar-refractivity contribution in [1.29, 1.82) is 0 Å². The van der Waals surface area contributed by atoms with Crippen molar-refractivity contribution in [3.05, 3.63) is 45.4 Å². The second-order valence-electron chi connectivity index (χ2n) is 1.44. The number of carbonyl (C=O) groups is 1. The second kappa shape index (κ2) is 6.88. The van der Waals surface area contributed by atoms with Crippen LogP contribution in [0.4, 0.5) is 0 Å². The zero-order valence-corrected chi connectivity index (χ0v) is 5.90. The van der Waals surface area contributed by atoms with E-state index in [9.17, 15) is 4.79 Å². The van der Waals surface area contributed by atoms with Crippen molar-refractivity contribution in [1.82, 2.24) is 0 Å². The van der Waals surface area contributed by atoms with E-state index in [1.807, 2.05) is 0 Å². The van der Waals surface area contributed by atoms with Gasteiger partial charge in [0.25, 0.3) is 0 Å². The number of allylic oxidation sites excluding steroid dienone is 2. The summed E-state index contributed by atoms with van der Waals surface area (Å²) in [5.74, 6) is -0.421. The van der Waals surface area contributed by atoms with Gasteiger partial charge in [-0.25, -0.2) is 0 Å². The molecule has 0 spiro atoms. The molecule has 12 heavy (non-hydrogen) atoms. The molecular formula is C5H4N6O. The van der Waals surface area contributed by atoms with Gasteiger partial charge in [0.05, 0.1) is 0 Å². The van der Waals surface area contributed by atoms with Crippen LogP contribution in [0.3, 0.4) is 0 Å². The first-order valence-corrected chi connectivity index (χ1v) is 2.76. The van der Waals surface area contributed by atoms with Crippen LogP contribution in [-0.4, -0.2) is 5.78 Å². The predicted octanol–water partition coefficient (Wildman–Crippen LogP) is 2.20. The first kappa shape index (κ1) is 9.77. The topological polar surface area (TPSA) is 115 Å². The van der Waals surface area contributed by atoms with E-state index < -0.39 is 5.78 Å². The van der Waals surface area contributed by atoms with Crippen molar-refractivity contribution in [2.24, 2.45) is 10.2 Å². The summed E-state index contributed by atoms with van der Waals surface area (Å²) in [5.41, 5.74) is 15.6. The van der Waals surface area contributed by atoms with E-state index in [-0.39, 0.29) is 0 Å². The number of nitrogens with zero attached hydrogens (tertiary/aromatic N) is 6. The molecule has 0 aromatic heterocycles. The summed E-state index contributed by atoms with van der Waals surface area (Å²) in [6.07, 6.45) is 4.09. The maximum Gasteiger partial charge on any atom is 0.178 e. The maximum atomic E-state index is 10.7. The fraction of sp³-hybridized carbons (Fsp3) is 0. The Bertz CT molecular complexity index is 274. The Hall–Kier alpha value is -2.23. The lowest BCUT2D eigenvalue weighted by molar-refractivity contribution is -0.110. The number of hydrogen-bond acceptors (Lipinski definition) is 3. The highest BCUT2D eigenvalue weighted by Crippen LogP contribution is 1.83. The van der Waals surface area contributed by atoms with Crippen molar-refractivity contribution < 1.29 is 4.79 Å². The molecule has 0 atom stereocenters. The van der Waals surface area contributed by atoms with Crippen molar-refractivity contribution in [3.8, 4) is 0 Å². The highest BCUT2D eigenvalue weighted by Gasteiger charge is 1.83. The molecule has 0 rings (SSSR count). The Balaban J connectivity index is 4.05. The van der Waals surface area contributed by atoms with E-state index in [4.69, 9.17) is 11.1 Å². The van der Waals surface area contributed by atoms with Gasteiger partial charge in [-0.05, 0) is 23.2 Å². The molecule has 0 aliphatic rings. The normalized spacial score (nSPS) is 9.33. The molecule has 0 N–H and O–H groups in total. The Morgan fingerprint density at radius 1 is 1.08 bits per heavy atom. The zero-order chi connectivity index (χ0) is 9.23. The van der Waals surface area contributed by atoms with E-state index in [1.54, 1.807) is 0 Å². The highest BCUT2D eigenvalue weighted by atomic mass is 16.1. The Kier molecular flexibility index (Phi) is 5.60. The Morgan fingerprint density at radius 3 is 1.83 bits per heavy atom. The van der Waals surface area contributed by atoms with Crippen molar-refractivity contribution >= 4 is 5.78 Å². The van der Waals surface area contributed by atoms with Gasteiger partial charge in [0.2, 0.25) is 0 Å². The number of carbonyl (C=O) groups excluding carboxylic acids is 1. The second-order valence-corrected chi connectivity index (χ2v) is 1.44. The molecule has 0 bridgehead atoms. The standard InChI is InChI=1S/C5H4N6O/c6-10-8-3-1-5(12)2-4-9-11-7/h1-4H/b3-1+,4-2+. The van der Waals surface area contributed by atoms with Gasteiger partial charge in [0.1, 0.15) is 0 Å². The molecule has 0 aliphatic carbocycles. The minimum absolute atomic E-state index is 0.421. The largest absolute Gasteiger partial charge is 0.290 e. The summed E-state index contributed by atoms with van der Waals surface area (Å²) in [7, 11) is 0. The minimum atomic E-state index is -0.421. The molecule has 0 amide bonds. The van der Waals surface area contributed by atoms with E-state index >= 15 is 0 Å². The average molecular weight is 164 g/mol. The maximum absolute atomic E-state index is 10.7. The monoisotopic (exact) mass is 164 g/mol. The van der Waals surface area contributed by atoms with Gasteiger partial charge in [-0.15, -0.1) is 0 Å². The first-order chi connectivity index (χ1) is 5.81. The predicted molar refractivity (Wildman–Crippen MR) is 41.6 cm³/mol. The molecule has 0 unspecified atom stereocenters. The van der Waals surface area contributed by atoms with Crippen LogP contribution in [0.1, 0.15) is 0 Å². The quantitative estimate of drug-likeness (QED) is 0.269. The number of rotatable bonds is 4. The molecule has 0 aromatic carbocycles. The van der Waals surface area contributed by atoms with Gasteiger partial charge in [-0.3, -0.25) is 4.79 Å². The molecule has 0 heterocycles. The lowest BCUT2D eigenvalue weighted by Gasteiger charge is -1.76. The summed E-state index contributed by atoms with van der Waals surface area (Å²) in [4.78, 5) is 15.4. The van der Waals surface area contributed by atoms with Crippen molar-refractivity contribution in [2.75, 3.05) is 0 Å². The molecule has 0 fully saturated rings. The third-order valence-corrected chi connectivity index (χ3v) is 0.714. The molecule has 0 aliphatic heterocycles. The van der Waals surface area contributed by atoms with Gasteiger partial charge < -0.3 is 0 Å². The zero-order valence-electron chi connectivity index (χ0n) is 5.90. The Labute approximate surface area is 67.2 Å². The molecule has 0 radical (unpaired) electrons. The number of azide groups is 2. The van der Waals surface area contributed by atoms with Crippen LogP contribution in [0, 0.1) is 0 Å². The molecule has 0 saturated heterocycles. The summed E-state index contributed by atoms with van der Waals surface area (Å²) < 4.78 is 0. The molecule has 7 nitrogen and oxygen atoms in total. The summed E-state index contributed by atoms with van der Waals surface area (Å²) >= 11 is 0. The Morgan fingerprint density at radius 2 is 1.50 bits per heavy atom. The summed E-state index contributed by atoms with van der Waals surface area (Å²) in [5, 5.41) is 5.96. The smallest absolute Gasteiger partial charge is 0.178 e. The van der Waals surface area contributed by atoms with E-state index in [1.165, 1.54) is 0 Å². The van der Waals surface area contributed by atoms with Crippen molar-refractivity contribution in [2.45, 2.75) is 0 Å². The van der Waals surface area contributed by atoms with Crippen LogP contribution in [0.5, 0.6) is 0 Å². The van der Waals surface area contributed by atoms with Gasteiger partial charge in [0.15, 0.2) is 5.78 Å². The van der Waals surface area contributed by atoms with E-state index in [0.29, 0.717) is 0 Å².